The van der Waals surface area contributed by atoms with Crippen molar-refractivity contribution in [2.75, 3.05) is 29.1 Å². The molecule has 0 aliphatic heterocycles. The fourth-order valence-corrected chi connectivity index (χ4v) is 1.90. The van der Waals surface area contributed by atoms with Gasteiger partial charge in [-0.15, -0.1) is 0 Å². The second kappa shape index (κ2) is 8.23. The molecule has 0 radical (unpaired) electrons. The van der Waals surface area contributed by atoms with Crippen molar-refractivity contribution in [2.45, 2.75) is 13.8 Å². The quantitative estimate of drug-likeness (QED) is 0.532. The lowest BCUT2D eigenvalue weighted by atomic mass is 10.2. The number of nitrogens with one attached hydrogen (secondary N) is 3. The molecule has 7 nitrogen and oxygen atoms in total. The van der Waals surface area contributed by atoms with Gasteiger partial charge in [-0.1, -0.05) is 17.7 Å². The highest BCUT2D eigenvalue weighted by Crippen LogP contribution is 2.16. The van der Waals surface area contributed by atoms with Gasteiger partial charge in [0.25, 0.3) is 0 Å². The Hall–Kier alpha value is -2.48. The SMILES string of the molecule is CCNc1nc(NCC)nc(N/N=C/c2c(F)cccc2Cl)n1. The largest absolute Gasteiger partial charge is 0.354 e. The van der Waals surface area contributed by atoms with Crippen LogP contribution in [0.5, 0.6) is 0 Å². The molecule has 1 aromatic carbocycles. The predicted octanol–water partition coefficient (Wildman–Crippen LogP) is 2.97. The Morgan fingerprint density at radius 2 is 1.70 bits per heavy atom. The topological polar surface area (TPSA) is 87.1 Å². The van der Waals surface area contributed by atoms with Crippen LogP contribution in [0.15, 0.2) is 23.3 Å². The first-order chi connectivity index (χ1) is 11.1. The molecule has 122 valence electrons. The van der Waals surface area contributed by atoms with Gasteiger partial charge in [0.1, 0.15) is 5.82 Å². The van der Waals surface area contributed by atoms with Crippen LogP contribution < -0.4 is 16.1 Å². The predicted molar refractivity (Wildman–Crippen MR) is 90.8 cm³/mol. The first-order valence-corrected chi connectivity index (χ1v) is 7.48. The van der Waals surface area contributed by atoms with E-state index in [4.69, 9.17) is 11.6 Å². The first kappa shape index (κ1) is 16.9. The lowest BCUT2D eigenvalue weighted by Gasteiger charge is -2.07. The van der Waals surface area contributed by atoms with Crippen LogP contribution >= 0.6 is 11.6 Å². The van der Waals surface area contributed by atoms with Gasteiger partial charge in [-0.2, -0.15) is 20.1 Å². The monoisotopic (exact) mass is 337 g/mol. The Morgan fingerprint density at radius 1 is 1.09 bits per heavy atom. The van der Waals surface area contributed by atoms with E-state index in [9.17, 15) is 4.39 Å². The fourth-order valence-electron chi connectivity index (χ4n) is 1.69. The highest BCUT2D eigenvalue weighted by molar-refractivity contribution is 6.33. The summed E-state index contributed by atoms with van der Waals surface area (Å²) in [4.78, 5) is 12.5. The Bertz CT molecular complexity index is 648. The number of hydrogen-bond donors (Lipinski definition) is 3. The molecule has 0 amide bonds. The summed E-state index contributed by atoms with van der Waals surface area (Å²) in [7, 11) is 0. The lowest BCUT2D eigenvalue weighted by Crippen LogP contribution is -2.10. The molecular formula is C14H17ClFN7. The molecule has 0 saturated carbocycles. The van der Waals surface area contributed by atoms with E-state index in [0.29, 0.717) is 25.0 Å². The molecule has 0 atom stereocenters. The molecule has 0 aliphatic rings. The standard InChI is InChI=1S/C14H17ClFN7/c1-3-17-12-20-13(18-4-2)22-14(21-12)23-19-8-9-10(15)6-5-7-11(9)16/h5-8H,3-4H2,1-2H3,(H3,17,18,20,21,22,23)/b19-8+. The minimum absolute atomic E-state index is 0.189. The van der Waals surface area contributed by atoms with Crippen molar-refractivity contribution in [3.8, 4) is 0 Å². The van der Waals surface area contributed by atoms with Crippen molar-refractivity contribution in [3.05, 3.63) is 34.6 Å². The molecule has 0 fully saturated rings. The van der Waals surface area contributed by atoms with Crippen molar-refractivity contribution >= 4 is 35.7 Å². The summed E-state index contributed by atoms with van der Waals surface area (Å²) in [5, 5.41) is 10.2. The molecule has 1 aromatic heterocycles. The second-order valence-electron chi connectivity index (χ2n) is 4.37. The maximum absolute atomic E-state index is 13.6. The number of benzene rings is 1. The Labute approximate surface area is 138 Å². The van der Waals surface area contributed by atoms with Gasteiger partial charge in [0.15, 0.2) is 0 Å². The van der Waals surface area contributed by atoms with E-state index in [-0.39, 0.29) is 16.5 Å². The molecule has 0 aliphatic carbocycles. The maximum Gasteiger partial charge on any atom is 0.250 e. The summed E-state index contributed by atoms with van der Waals surface area (Å²) < 4.78 is 13.6. The molecule has 3 N–H and O–H groups in total. The van der Waals surface area contributed by atoms with E-state index in [1.807, 2.05) is 13.8 Å². The summed E-state index contributed by atoms with van der Waals surface area (Å²) in [5.41, 5.74) is 2.84. The van der Waals surface area contributed by atoms with Gasteiger partial charge in [-0.05, 0) is 26.0 Å². The van der Waals surface area contributed by atoms with Gasteiger partial charge in [-0.3, -0.25) is 0 Å². The molecule has 2 rings (SSSR count). The van der Waals surface area contributed by atoms with Crippen molar-refractivity contribution in [3.63, 3.8) is 0 Å². The van der Waals surface area contributed by atoms with E-state index in [0.717, 1.165) is 0 Å². The lowest BCUT2D eigenvalue weighted by molar-refractivity contribution is 0.626. The summed E-state index contributed by atoms with van der Waals surface area (Å²) in [6.45, 7) is 5.20. The summed E-state index contributed by atoms with van der Waals surface area (Å²) in [5.74, 6) is 0.608. The minimum atomic E-state index is -0.458. The van der Waals surface area contributed by atoms with E-state index < -0.39 is 5.82 Å². The van der Waals surface area contributed by atoms with Gasteiger partial charge >= 0.3 is 0 Å². The maximum atomic E-state index is 13.6. The zero-order valence-electron chi connectivity index (χ0n) is 12.8. The normalized spacial score (nSPS) is 10.8. The molecular weight excluding hydrogens is 321 g/mol. The van der Waals surface area contributed by atoms with Gasteiger partial charge in [0, 0.05) is 18.7 Å². The molecule has 0 spiro atoms. The molecule has 23 heavy (non-hydrogen) atoms. The molecule has 2 aromatic rings. The van der Waals surface area contributed by atoms with Crippen LogP contribution in [-0.2, 0) is 0 Å². The number of halogens is 2. The number of rotatable bonds is 7. The second-order valence-corrected chi connectivity index (χ2v) is 4.78. The Balaban J connectivity index is 2.17. The van der Waals surface area contributed by atoms with E-state index in [2.05, 4.69) is 36.1 Å². The third-order valence-electron chi connectivity index (χ3n) is 2.66. The zero-order chi connectivity index (χ0) is 16.7. The van der Waals surface area contributed by atoms with Crippen molar-refractivity contribution in [1.29, 1.82) is 0 Å². The number of hydrazone groups is 1. The Kier molecular flexibility index (Phi) is 6.04. The Morgan fingerprint density at radius 3 is 2.26 bits per heavy atom. The van der Waals surface area contributed by atoms with Crippen molar-refractivity contribution in [1.82, 2.24) is 15.0 Å². The third kappa shape index (κ3) is 4.75. The highest BCUT2D eigenvalue weighted by Gasteiger charge is 2.06. The summed E-state index contributed by atoms with van der Waals surface area (Å²) in [6.07, 6.45) is 1.28. The van der Waals surface area contributed by atoms with Gasteiger partial charge in [0.05, 0.1) is 11.2 Å². The average molecular weight is 338 g/mol. The summed E-state index contributed by atoms with van der Waals surface area (Å²) in [6, 6.07) is 4.42. The fraction of sp³-hybridized carbons (Fsp3) is 0.286. The van der Waals surface area contributed by atoms with Crippen molar-refractivity contribution < 1.29 is 4.39 Å². The van der Waals surface area contributed by atoms with Crippen LogP contribution in [-0.4, -0.2) is 34.3 Å². The van der Waals surface area contributed by atoms with Gasteiger partial charge < -0.3 is 10.6 Å². The third-order valence-corrected chi connectivity index (χ3v) is 2.99. The van der Waals surface area contributed by atoms with Gasteiger partial charge in [0.2, 0.25) is 17.8 Å². The van der Waals surface area contributed by atoms with Crippen LogP contribution in [0.3, 0.4) is 0 Å². The molecule has 9 heteroatoms. The van der Waals surface area contributed by atoms with Gasteiger partial charge in [-0.25, -0.2) is 9.82 Å². The molecule has 0 saturated heterocycles. The molecule has 1 heterocycles. The van der Waals surface area contributed by atoms with E-state index in [1.54, 1.807) is 6.07 Å². The minimum Gasteiger partial charge on any atom is -0.354 e. The van der Waals surface area contributed by atoms with Crippen LogP contribution in [0, 0.1) is 5.82 Å². The highest BCUT2D eigenvalue weighted by atomic mass is 35.5. The number of aromatic nitrogens is 3. The van der Waals surface area contributed by atoms with E-state index in [1.165, 1.54) is 18.3 Å². The van der Waals surface area contributed by atoms with Crippen LogP contribution in [0.4, 0.5) is 22.2 Å². The van der Waals surface area contributed by atoms with Crippen LogP contribution in [0.25, 0.3) is 0 Å². The number of hydrogen-bond acceptors (Lipinski definition) is 7. The molecule has 0 unspecified atom stereocenters. The number of nitrogens with zero attached hydrogens (tertiary/aromatic N) is 4. The van der Waals surface area contributed by atoms with Crippen molar-refractivity contribution in [2.24, 2.45) is 5.10 Å². The number of anilines is 3. The summed E-state index contributed by atoms with van der Waals surface area (Å²) >= 11 is 5.92. The van der Waals surface area contributed by atoms with Crippen LogP contribution in [0.2, 0.25) is 5.02 Å². The molecule has 0 bridgehead atoms. The smallest absolute Gasteiger partial charge is 0.250 e. The first-order valence-electron chi connectivity index (χ1n) is 7.11. The average Bonchev–Trinajstić information content (AvgIpc) is 2.51. The zero-order valence-corrected chi connectivity index (χ0v) is 13.5. The van der Waals surface area contributed by atoms with E-state index >= 15 is 0 Å². The van der Waals surface area contributed by atoms with Crippen LogP contribution in [0.1, 0.15) is 19.4 Å².